The van der Waals surface area contributed by atoms with Gasteiger partial charge in [-0.05, 0) is 30.7 Å². The summed E-state index contributed by atoms with van der Waals surface area (Å²) in [6.07, 6.45) is 4.49. The number of aromatic nitrogens is 2. The molecule has 0 spiro atoms. The maximum absolute atomic E-state index is 11.7. The number of amides is 1. The van der Waals surface area contributed by atoms with Crippen LogP contribution in [0.25, 0.3) is 0 Å². The summed E-state index contributed by atoms with van der Waals surface area (Å²) in [5.74, 6) is 1.03. The standard InChI is InChI=1S/C16H19N3OS.2ClH/c1-14(20)19(13-15-7-2-4-9-17-15)11-6-12-21-16-8-3-5-10-18-16;;/h2-5,7-10H,6,11-13H2,1H3;2*1H. The van der Waals surface area contributed by atoms with Gasteiger partial charge in [0.05, 0.1) is 17.3 Å². The highest BCUT2D eigenvalue weighted by Crippen LogP contribution is 2.15. The minimum Gasteiger partial charge on any atom is -0.337 e. The van der Waals surface area contributed by atoms with Crippen molar-refractivity contribution in [2.45, 2.75) is 24.9 Å². The van der Waals surface area contributed by atoms with Gasteiger partial charge in [0.1, 0.15) is 0 Å². The number of thioether (sulfide) groups is 1. The molecule has 0 bridgehead atoms. The van der Waals surface area contributed by atoms with Crippen LogP contribution in [0.4, 0.5) is 0 Å². The molecule has 126 valence electrons. The summed E-state index contributed by atoms with van der Waals surface area (Å²) in [5.41, 5.74) is 0.921. The van der Waals surface area contributed by atoms with Crippen LogP contribution in [0.2, 0.25) is 0 Å². The molecule has 0 radical (unpaired) electrons. The van der Waals surface area contributed by atoms with E-state index in [0.717, 1.165) is 29.4 Å². The number of rotatable bonds is 7. The fraction of sp³-hybridized carbons (Fsp3) is 0.312. The first-order valence-electron chi connectivity index (χ1n) is 6.95. The van der Waals surface area contributed by atoms with E-state index < -0.39 is 0 Å². The van der Waals surface area contributed by atoms with Crippen LogP contribution in [0.5, 0.6) is 0 Å². The van der Waals surface area contributed by atoms with E-state index >= 15 is 0 Å². The second-order valence-corrected chi connectivity index (χ2v) is 5.75. The molecule has 0 saturated carbocycles. The van der Waals surface area contributed by atoms with Crippen molar-refractivity contribution in [3.63, 3.8) is 0 Å². The van der Waals surface area contributed by atoms with Crippen molar-refractivity contribution in [1.82, 2.24) is 14.9 Å². The molecule has 0 aliphatic heterocycles. The lowest BCUT2D eigenvalue weighted by atomic mass is 10.3. The highest BCUT2D eigenvalue weighted by molar-refractivity contribution is 7.99. The van der Waals surface area contributed by atoms with Crippen molar-refractivity contribution in [1.29, 1.82) is 0 Å². The van der Waals surface area contributed by atoms with E-state index in [0.29, 0.717) is 6.54 Å². The van der Waals surface area contributed by atoms with Gasteiger partial charge in [0.2, 0.25) is 5.91 Å². The van der Waals surface area contributed by atoms with Crippen LogP contribution in [0, 0.1) is 0 Å². The number of hydrogen-bond donors (Lipinski definition) is 0. The lowest BCUT2D eigenvalue weighted by Crippen LogP contribution is -2.29. The van der Waals surface area contributed by atoms with Gasteiger partial charge in [0.25, 0.3) is 0 Å². The van der Waals surface area contributed by atoms with Gasteiger partial charge >= 0.3 is 0 Å². The predicted molar refractivity (Wildman–Crippen MR) is 99.4 cm³/mol. The van der Waals surface area contributed by atoms with E-state index in [-0.39, 0.29) is 30.7 Å². The van der Waals surface area contributed by atoms with Gasteiger partial charge in [-0.3, -0.25) is 9.78 Å². The molecule has 2 aromatic heterocycles. The number of pyridine rings is 2. The average molecular weight is 374 g/mol. The lowest BCUT2D eigenvalue weighted by molar-refractivity contribution is -0.129. The molecular formula is C16H21Cl2N3OS. The summed E-state index contributed by atoms with van der Waals surface area (Å²) in [6.45, 7) is 2.92. The SMILES string of the molecule is CC(=O)N(CCCSc1ccccn1)Cc1ccccn1.Cl.Cl. The Bertz CT molecular complexity index is 558. The van der Waals surface area contributed by atoms with E-state index in [2.05, 4.69) is 9.97 Å². The van der Waals surface area contributed by atoms with E-state index in [4.69, 9.17) is 0 Å². The number of halogens is 2. The van der Waals surface area contributed by atoms with Crippen molar-refractivity contribution >= 4 is 42.5 Å². The molecule has 0 unspecified atom stereocenters. The summed E-state index contributed by atoms with van der Waals surface area (Å²) in [6, 6.07) is 11.7. The van der Waals surface area contributed by atoms with E-state index in [9.17, 15) is 4.79 Å². The molecule has 0 aliphatic rings. The van der Waals surface area contributed by atoms with E-state index in [1.807, 2.05) is 41.3 Å². The molecule has 2 heterocycles. The topological polar surface area (TPSA) is 46.1 Å². The normalized spacial score (nSPS) is 9.43. The molecule has 2 rings (SSSR count). The lowest BCUT2D eigenvalue weighted by Gasteiger charge is -2.20. The van der Waals surface area contributed by atoms with Gasteiger partial charge in [0, 0.05) is 31.6 Å². The number of hydrogen-bond acceptors (Lipinski definition) is 4. The van der Waals surface area contributed by atoms with Crippen molar-refractivity contribution in [3.05, 3.63) is 54.5 Å². The first kappa shape index (κ1) is 21.7. The molecule has 0 fully saturated rings. The van der Waals surface area contributed by atoms with Crippen LogP contribution < -0.4 is 0 Å². The maximum atomic E-state index is 11.7. The summed E-state index contributed by atoms with van der Waals surface area (Å²) >= 11 is 1.72. The molecule has 0 aromatic carbocycles. The first-order valence-corrected chi connectivity index (χ1v) is 7.93. The Morgan fingerprint density at radius 3 is 2.35 bits per heavy atom. The van der Waals surface area contributed by atoms with Crippen LogP contribution in [-0.2, 0) is 11.3 Å². The predicted octanol–water partition coefficient (Wildman–Crippen LogP) is 3.85. The summed E-state index contributed by atoms with van der Waals surface area (Å²) in [7, 11) is 0. The van der Waals surface area contributed by atoms with Gasteiger partial charge in [0.15, 0.2) is 0 Å². The highest BCUT2D eigenvalue weighted by Gasteiger charge is 2.09. The monoisotopic (exact) mass is 373 g/mol. The Morgan fingerprint density at radius 2 is 1.78 bits per heavy atom. The van der Waals surface area contributed by atoms with E-state index in [1.54, 1.807) is 31.1 Å². The van der Waals surface area contributed by atoms with Crippen LogP contribution in [0.1, 0.15) is 19.0 Å². The quantitative estimate of drug-likeness (QED) is 0.546. The van der Waals surface area contributed by atoms with Gasteiger partial charge in [-0.25, -0.2) is 4.98 Å². The third-order valence-corrected chi connectivity index (χ3v) is 4.01. The van der Waals surface area contributed by atoms with Crippen LogP contribution in [-0.4, -0.2) is 33.1 Å². The molecule has 2 aromatic rings. The Balaban J connectivity index is 0.00000242. The van der Waals surface area contributed by atoms with Gasteiger partial charge in [-0.1, -0.05) is 12.1 Å². The van der Waals surface area contributed by atoms with Gasteiger partial charge in [-0.15, -0.1) is 36.6 Å². The average Bonchev–Trinajstić information content (AvgIpc) is 2.52. The largest absolute Gasteiger partial charge is 0.337 e. The molecule has 1 amide bonds. The molecule has 0 saturated heterocycles. The van der Waals surface area contributed by atoms with Crippen molar-refractivity contribution in [2.24, 2.45) is 0 Å². The van der Waals surface area contributed by atoms with Gasteiger partial charge in [-0.2, -0.15) is 0 Å². The molecule has 0 N–H and O–H groups in total. The Kier molecular flexibility index (Phi) is 11.5. The van der Waals surface area contributed by atoms with Crippen LogP contribution in [0.15, 0.2) is 53.8 Å². The fourth-order valence-electron chi connectivity index (χ4n) is 1.90. The highest BCUT2D eigenvalue weighted by atomic mass is 35.5. The molecule has 23 heavy (non-hydrogen) atoms. The third-order valence-electron chi connectivity index (χ3n) is 2.98. The maximum Gasteiger partial charge on any atom is 0.219 e. The minimum absolute atomic E-state index is 0. The van der Waals surface area contributed by atoms with Crippen molar-refractivity contribution < 1.29 is 4.79 Å². The van der Waals surface area contributed by atoms with E-state index in [1.165, 1.54) is 0 Å². The van der Waals surface area contributed by atoms with Crippen LogP contribution in [0.3, 0.4) is 0 Å². The fourth-order valence-corrected chi connectivity index (χ4v) is 2.69. The zero-order valence-corrected chi connectivity index (χ0v) is 15.4. The smallest absolute Gasteiger partial charge is 0.219 e. The summed E-state index contributed by atoms with van der Waals surface area (Å²) in [4.78, 5) is 22.1. The summed E-state index contributed by atoms with van der Waals surface area (Å²) in [5, 5.41) is 1.02. The number of nitrogens with zero attached hydrogens (tertiary/aromatic N) is 3. The van der Waals surface area contributed by atoms with Crippen molar-refractivity contribution in [2.75, 3.05) is 12.3 Å². The number of carbonyl (C=O) groups excluding carboxylic acids is 1. The van der Waals surface area contributed by atoms with Crippen LogP contribution >= 0.6 is 36.6 Å². The minimum atomic E-state index is 0. The zero-order chi connectivity index (χ0) is 14.9. The Labute approximate surface area is 153 Å². The first-order chi connectivity index (χ1) is 10.3. The third kappa shape index (κ3) is 8.21. The number of carbonyl (C=O) groups is 1. The van der Waals surface area contributed by atoms with Gasteiger partial charge < -0.3 is 4.90 Å². The molecule has 0 aliphatic carbocycles. The Hall–Kier alpha value is -1.30. The second kappa shape index (κ2) is 12.2. The Morgan fingerprint density at radius 1 is 1.09 bits per heavy atom. The molecule has 4 nitrogen and oxygen atoms in total. The second-order valence-electron chi connectivity index (χ2n) is 4.63. The molecule has 0 atom stereocenters. The summed E-state index contributed by atoms with van der Waals surface area (Å²) < 4.78 is 0. The molecule has 7 heteroatoms. The van der Waals surface area contributed by atoms with Crippen molar-refractivity contribution in [3.8, 4) is 0 Å². The molecular weight excluding hydrogens is 353 g/mol. The zero-order valence-electron chi connectivity index (χ0n) is 12.9.